The normalized spacial score (nSPS) is 15.1. The summed E-state index contributed by atoms with van der Waals surface area (Å²) in [6.45, 7) is 5.28. The van der Waals surface area contributed by atoms with Gasteiger partial charge in [-0.2, -0.15) is 0 Å². The van der Waals surface area contributed by atoms with Crippen molar-refractivity contribution in [1.82, 2.24) is 0 Å². The van der Waals surface area contributed by atoms with Crippen LogP contribution in [0.3, 0.4) is 0 Å². The van der Waals surface area contributed by atoms with Gasteiger partial charge in [-0.3, -0.25) is 4.79 Å². The van der Waals surface area contributed by atoms with E-state index in [-0.39, 0.29) is 5.24 Å². The van der Waals surface area contributed by atoms with E-state index in [1.54, 1.807) is 0 Å². The van der Waals surface area contributed by atoms with E-state index in [0.717, 1.165) is 39.3 Å². The molecule has 96 valence electrons. The summed E-state index contributed by atoms with van der Waals surface area (Å²) in [5, 5.41) is -0.198. The lowest BCUT2D eigenvalue weighted by Crippen LogP contribution is -2.16. The fourth-order valence-corrected chi connectivity index (χ4v) is 1.44. The van der Waals surface area contributed by atoms with Crippen molar-refractivity contribution in [3.8, 4) is 0 Å². The van der Waals surface area contributed by atoms with Gasteiger partial charge in [0.1, 0.15) is 0 Å². The Morgan fingerprint density at radius 1 is 1.00 bits per heavy atom. The molecule has 1 rings (SSSR count). The Morgan fingerprint density at radius 3 is 1.88 bits per heavy atom. The van der Waals surface area contributed by atoms with Gasteiger partial charge in [0.25, 0.3) is 0 Å². The molecule has 0 aromatic rings. The lowest BCUT2D eigenvalue weighted by Gasteiger charge is -2.09. The van der Waals surface area contributed by atoms with E-state index < -0.39 is 0 Å². The molecule has 0 atom stereocenters. The van der Waals surface area contributed by atoms with Gasteiger partial charge in [0.15, 0.2) is 0 Å². The third-order valence-corrected chi connectivity index (χ3v) is 2.41. The molecule has 0 aromatic carbocycles. The average molecular weight is 251 g/mol. The quantitative estimate of drug-likeness (QED) is 0.537. The lowest BCUT2D eigenvalue weighted by molar-refractivity contribution is -0.111. The number of hydrogen-bond acceptors (Lipinski definition) is 3. The minimum Gasteiger partial charge on any atom is -0.377 e. The van der Waals surface area contributed by atoms with Gasteiger partial charge in [0.05, 0.1) is 26.4 Å². The minimum absolute atomic E-state index is 0.198. The summed E-state index contributed by atoms with van der Waals surface area (Å²) in [5.41, 5.74) is 0. The van der Waals surface area contributed by atoms with Gasteiger partial charge < -0.3 is 9.47 Å². The summed E-state index contributed by atoms with van der Waals surface area (Å²) in [5.74, 6) is 0. The first-order chi connectivity index (χ1) is 7.77. The van der Waals surface area contributed by atoms with E-state index in [0.29, 0.717) is 6.42 Å². The second kappa shape index (κ2) is 12.9. The molecule has 0 saturated carbocycles. The van der Waals surface area contributed by atoms with Crippen molar-refractivity contribution in [1.29, 1.82) is 0 Å². The van der Waals surface area contributed by atoms with Crippen LogP contribution < -0.4 is 0 Å². The molecular formula is C12H23ClO3. The van der Waals surface area contributed by atoms with Crippen LogP contribution in [0.15, 0.2) is 0 Å². The number of unbranched alkanes of at least 4 members (excludes halogenated alkanes) is 4. The zero-order valence-corrected chi connectivity index (χ0v) is 10.9. The van der Waals surface area contributed by atoms with Crippen molar-refractivity contribution >= 4 is 16.8 Å². The summed E-state index contributed by atoms with van der Waals surface area (Å²) in [4.78, 5) is 10.2. The van der Waals surface area contributed by atoms with Crippen molar-refractivity contribution in [2.45, 2.75) is 45.4 Å². The van der Waals surface area contributed by atoms with Crippen molar-refractivity contribution < 1.29 is 14.3 Å². The highest BCUT2D eigenvalue weighted by atomic mass is 35.5. The number of carbonyl (C=O) groups excluding carboxylic acids is 1. The van der Waals surface area contributed by atoms with Crippen LogP contribution in [-0.4, -0.2) is 31.7 Å². The number of rotatable bonds is 6. The molecule has 4 heteroatoms. The van der Waals surface area contributed by atoms with Crippen LogP contribution in [0.5, 0.6) is 0 Å². The highest BCUT2D eigenvalue weighted by Gasteiger charge is 1.95. The highest BCUT2D eigenvalue weighted by molar-refractivity contribution is 6.63. The fraction of sp³-hybridized carbons (Fsp3) is 0.917. The number of halogens is 1. The predicted octanol–water partition coefficient (Wildman–Crippen LogP) is 3.15. The Morgan fingerprint density at radius 2 is 1.50 bits per heavy atom. The first-order valence-corrected chi connectivity index (χ1v) is 6.49. The van der Waals surface area contributed by atoms with Gasteiger partial charge in [-0.1, -0.05) is 32.6 Å². The van der Waals surface area contributed by atoms with Crippen molar-refractivity contribution in [3.05, 3.63) is 0 Å². The molecule has 3 nitrogen and oxygen atoms in total. The van der Waals surface area contributed by atoms with Gasteiger partial charge in [0, 0.05) is 6.42 Å². The Labute approximate surface area is 103 Å². The predicted molar refractivity (Wildman–Crippen MR) is 65.9 cm³/mol. The zero-order chi connectivity index (χ0) is 12.1. The maximum absolute atomic E-state index is 10.2. The molecule has 0 bridgehead atoms. The molecule has 0 amide bonds. The molecule has 0 unspecified atom stereocenters. The molecule has 0 radical (unpaired) electrons. The largest absolute Gasteiger partial charge is 0.377 e. The maximum Gasteiger partial charge on any atom is 0.221 e. The van der Waals surface area contributed by atoms with Gasteiger partial charge >= 0.3 is 0 Å². The summed E-state index contributed by atoms with van der Waals surface area (Å²) >= 11 is 5.15. The van der Waals surface area contributed by atoms with Gasteiger partial charge in [-0.05, 0) is 18.0 Å². The topological polar surface area (TPSA) is 35.5 Å². The second-order valence-corrected chi connectivity index (χ2v) is 4.17. The molecule has 0 aliphatic carbocycles. The summed E-state index contributed by atoms with van der Waals surface area (Å²) in [7, 11) is 0. The number of carbonyl (C=O) groups is 1. The van der Waals surface area contributed by atoms with Crippen LogP contribution in [0.4, 0.5) is 0 Å². The Bertz CT molecular complexity index is 147. The van der Waals surface area contributed by atoms with E-state index in [1.807, 2.05) is 0 Å². The van der Waals surface area contributed by atoms with Crippen molar-refractivity contribution in [3.63, 3.8) is 0 Å². The molecule has 1 aliphatic heterocycles. The minimum atomic E-state index is -0.198. The number of hydrogen-bond donors (Lipinski definition) is 0. The molecule has 1 saturated heterocycles. The lowest BCUT2D eigenvalue weighted by atomic mass is 10.1. The van der Waals surface area contributed by atoms with Crippen molar-refractivity contribution in [2.75, 3.05) is 26.4 Å². The molecule has 1 heterocycles. The Hall–Kier alpha value is -0.120. The zero-order valence-electron chi connectivity index (χ0n) is 10.2. The van der Waals surface area contributed by atoms with Gasteiger partial charge in [0.2, 0.25) is 5.24 Å². The molecular weight excluding hydrogens is 228 g/mol. The van der Waals surface area contributed by atoms with Crippen LogP contribution in [-0.2, 0) is 14.3 Å². The average Bonchev–Trinajstić information content (AvgIpc) is 2.31. The SMILES string of the molecule is C1COCCO1.CCCCCCCC(=O)Cl. The summed E-state index contributed by atoms with van der Waals surface area (Å²) in [6, 6.07) is 0. The first kappa shape index (κ1) is 15.9. The maximum atomic E-state index is 10.2. The molecule has 0 aromatic heterocycles. The molecule has 1 aliphatic rings. The van der Waals surface area contributed by atoms with Gasteiger partial charge in [-0.15, -0.1) is 0 Å². The van der Waals surface area contributed by atoms with Crippen LogP contribution in [0.25, 0.3) is 0 Å². The van der Waals surface area contributed by atoms with E-state index >= 15 is 0 Å². The molecule has 0 spiro atoms. The molecule has 16 heavy (non-hydrogen) atoms. The molecule has 0 N–H and O–H groups in total. The second-order valence-electron chi connectivity index (χ2n) is 3.74. The van der Waals surface area contributed by atoms with Crippen LogP contribution in [0.2, 0.25) is 0 Å². The van der Waals surface area contributed by atoms with E-state index in [9.17, 15) is 4.79 Å². The van der Waals surface area contributed by atoms with Crippen LogP contribution in [0.1, 0.15) is 45.4 Å². The monoisotopic (exact) mass is 250 g/mol. The summed E-state index contributed by atoms with van der Waals surface area (Å²) in [6.07, 6.45) is 6.41. The van der Waals surface area contributed by atoms with E-state index in [4.69, 9.17) is 21.1 Å². The van der Waals surface area contributed by atoms with Crippen LogP contribution in [0, 0.1) is 0 Å². The first-order valence-electron chi connectivity index (χ1n) is 6.11. The third kappa shape index (κ3) is 13.9. The highest BCUT2D eigenvalue weighted by Crippen LogP contribution is 2.05. The Kier molecular flexibility index (Phi) is 12.9. The van der Waals surface area contributed by atoms with Gasteiger partial charge in [-0.25, -0.2) is 0 Å². The van der Waals surface area contributed by atoms with Crippen LogP contribution >= 0.6 is 11.6 Å². The van der Waals surface area contributed by atoms with E-state index in [1.165, 1.54) is 19.3 Å². The summed E-state index contributed by atoms with van der Waals surface area (Å²) < 4.78 is 9.89. The smallest absolute Gasteiger partial charge is 0.221 e. The molecule has 1 fully saturated rings. The van der Waals surface area contributed by atoms with E-state index in [2.05, 4.69) is 6.92 Å². The van der Waals surface area contributed by atoms with Crippen molar-refractivity contribution in [2.24, 2.45) is 0 Å². The fourth-order valence-electron chi connectivity index (χ4n) is 1.31. The Balaban J connectivity index is 0.000000315. The standard InChI is InChI=1S/C8H15ClO.C4H8O2/c1-2-3-4-5-6-7-8(9)10;1-2-6-4-3-5-1/h2-7H2,1H3;1-4H2. The number of ether oxygens (including phenoxy) is 2. The third-order valence-electron chi connectivity index (χ3n) is 2.22.